The van der Waals surface area contributed by atoms with Crippen molar-refractivity contribution in [3.8, 4) is 11.8 Å². The molecule has 0 aliphatic carbocycles. The smallest absolute Gasteiger partial charge is 0.0576 e. The van der Waals surface area contributed by atoms with E-state index in [1.807, 2.05) is 0 Å². The SMILES string of the molecule is CN1CCC(C)(CNCC#CC(C)(C)C)CC1. The second-order valence-corrected chi connectivity index (χ2v) is 6.77. The molecule has 98 valence electrons. The lowest BCUT2D eigenvalue weighted by Crippen LogP contribution is -2.42. The first kappa shape index (κ1) is 14.5. The summed E-state index contributed by atoms with van der Waals surface area (Å²) in [6.45, 7) is 13.2. The molecule has 1 saturated heterocycles. The van der Waals surface area contributed by atoms with Crippen molar-refractivity contribution in [1.82, 2.24) is 10.2 Å². The van der Waals surface area contributed by atoms with Gasteiger partial charge in [-0.1, -0.05) is 18.8 Å². The van der Waals surface area contributed by atoms with Crippen LogP contribution in [0.4, 0.5) is 0 Å². The van der Waals surface area contributed by atoms with Gasteiger partial charge in [0.05, 0.1) is 6.54 Å². The van der Waals surface area contributed by atoms with Crippen LogP contribution in [-0.2, 0) is 0 Å². The summed E-state index contributed by atoms with van der Waals surface area (Å²) in [5.41, 5.74) is 0.592. The Labute approximate surface area is 107 Å². The van der Waals surface area contributed by atoms with Crippen molar-refractivity contribution < 1.29 is 0 Å². The lowest BCUT2D eigenvalue weighted by Gasteiger charge is -2.37. The molecule has 1 heterocycles. The van der Waals surface area contributed by atoms with E-state index < -0.39 is 0 Å². The van der Waals surface area contributed by atoms with Crippen LogP contribution in [0.25, 0.3) is 0 Å². The Kier molecular flexibility index (Phi) is 5.04. The van der Waals surface area contributed by atoms with E-state index >= 15 is 0 Å². The third kappa shape index (κ3) is 6.10. The summed E-state index contributed by atoms with van der Waals surface area (Å²) in [6.07, 6.45) is 2.59. The van der Waals surface area contributed by atoms with Gasteiger partial charge in [0.15, 0.2) is 0 Å². The quantitative estimate of drug-likeness (QED) is 0.598. The van der Waals surface area contributed by atoms with Crippen molar-refractivity contribution in [2.75, 3.05) is 33.2 Å². The lowest BCUT2D eigenvalue weighted by molar-refractivity contribution is 0.138. The van der Waals surface area contributed by atoms with Gasteiger partial charge in [0.25, 0.3) is 0 Å². The average molecular weight is 236 g/mol. The molecule has 0 bridgehead atoms. The Morgan fingerprint density at radius 3 is 2.35 bits per heavy atom. The Balaban J connectivity index is 2.24. The summed E-state index contributed by atoms with van der Waals surface area (Å²) in [5.74, 6) is 6.48. The van der Waals surface area contributed by atoms with Crippen LogP contribution in [0.2, 0.25) is 0 Å². The fourth-order valence-corrected chi connectivity index (χ4v) is 2.07. The highest BCUT2D eigenvalue weighted by molar-refractivity contribution is 5.08. The van der Waals surface area contributed by atoms with Gasteiger partial charge in [0.1, 0.15) is 0 Å². The van der Waals surface area contributed by atoms with Gasteiger partial charge in [0, 0.05) is 12.0 Å². The summed E-state index contributed by atoms with van der Waals surface area (Å²) in [6, 6.07) is 0. The third-order valence-corrected chi connectivity index (χ3v) is 3.42. The van der Waals surface area contributed by atoms with Crippen molar-refractivity contribution in [3.05, 3.63) is 0 Å². The second kappa shape index (κ2) is 5.89. The van der Waals surface area contributed by atoms with Crippen LogP contribution in [0.15, 0.2) is 0 Å². The molecule has 1 aliphatic heterocycles. The van der Waals surface area contributed by atoms with Crippen LogP contribution in [0, 0.1) is 22.7 Å². The van der Waals surface area contributed by atoms with Gasteiger partial charge in [-0.15, -0.1) is 0 Å². The van der Waals surface area contributed by atoms with Crippen LogP contribution in [0.3, 0.4) is 0 Å². The first-order valence-electron chi connectivity index (χ1n) is 6.70. The number of rotatable bonds is 3. The summed E-state index contributed by atoms with van der Waals surface area (Å²) < 4.78 is 0. The van der Waals surface area contributed by atoms with E-state index in [0.717, 1.165) is 13.1 Å². The van der Waals surface area contributed by atoms with E-state index in [0.29, 0.717) is 5.41 Å². The van der Waals surface area contributed by atoms with E-state index in [-0.39, 0.29) is 5.41 Å². The van der Waals surface area contributed by atoms with Crippen molar-refractivity contribution in [3.63, 3.8) is 0 Å². The minimum atomic E-state index is 0.124. The van der Waals surface area contributed by atoms with E-state index in [1.54, 1.807) is 0 Å². The van der Waals surface area contributed by atoms with Crippen LogP contribution < -0.4 is 5.32 Å². The predicted molar refractivity (Wildman–Crippen MR) is 74.9 cm³/mol. The number of hydrogen-bond acceptors (Lipinski definition) is 2. The molecule has 0 saturated carbocycles. The number of likely N-dealkylation sites (tertiary alicyclic amines) is 1. The third-order valence-electron chi connectivity index (χ3n) is 3.42. The van der Waals surface area contributed by atoms with Gasteiger partial charge in [-0.25, -0.2) is 0 Å². The topological polar surface area (TPSA) is 15.3 Å². The van der Waals surface area contributed by atoms with Crippen molar-refractivity contribution in [2.24, 2.45) is 10.8 Å². The molecule has 0 amide bonds. The molecule has 1 fully saturated rings. The molecule has 1 rings (SSSR count). The van der Waals surface area contributed by atoms with Gasteiger partial charge in [-0.2, -0.15) is 0 Å². The minimum absolute atomic E-state index is 0.124. The van der Waals surface area contributed by atoms with Crippen LogP contribution >= 0.6 is 0 Å². The Hall–Kier alpha value is -0.520. The molecule has 0 unspecified atom stereocenters. The molecule has 1 aliphatic rings. The molecule has 0 radical (unpaired) electrons. The highest BCUT2D eigenvalue weighted by atomic mass is 15.1. The normalized spacial score (nSPS) is 20.8. The molecule has 0 aromatic rings. The Morgan fingerprint density at radius 1 is 1.24 bits per heavy atom. The lowest BCUT2D eigenvalue weighted by atomic mass is 9.80. The summed E-state index contributed by atoms with van der Waals surface area (Å²) in [4.78, 5) is 2.42. The number of hydrogen-bond donors (Lipinski definition) is 1. The first-order chi connectivity index (χ1) is 7.81. The second-order valence-electron chi connectivity index (χ2n) is 6.77. The molecule has 0 aromatic heterocycles. The molecule has 2 nitrogen and oxygen atoms in total. The van der Waals surface area contributed by atoms with Crippen molar-refractivity contribution in [2.45, 2.75) is 40.5 Å². The Bertz CT molecular complexity index is 282. The zero-order chi connectivity index (χ0) is 12.9. The standard InChI is InChI=1S/C15H28N2/c1-14(2,3)7-6-10-16-13-15(4)8-11-17(5)12-9-15/h16H,8-13H2,1-5H3. The molecular formula is C15H28N2. The zero-order valence-corrected chi connectivity index (χ0v) is 12.2. The Morgan fingerprint density at radius 2 is 1.82 bits per heavy atom. The van der Waals surface area contributed by atoms with E-state index in [2.05, 4.69) is 56.8 Å². The maximum Gasteiger partial charge on any atom is 0.0576 e. The van der Waals surface area contributed by atoms with Crippen molar-refractivity contribution >= 4 is 0 Å². The van der Waals surface area contributed by atoms with Gasteiger partial charge in [-0.3, -0.25) is 0 Å². The summed E-state index contributed by atoms with van der Waals surface area (Å²) in [5, 5.41) is 3.49. The monoisotopic (exact) mass is 236 g/mol. The first-order valence-corrected chi connectivity index (χ1v) is 6.70. The average Bonchev–Trinajstić information content (AvgIpc) is 2.21. The number of piperidine rings is 1. The van der Waals surface area contributed by atoms with Gasteiger partial charge < -0.3 is 10.2 Å². The van der Waals surface area contributed by atoms with Gasteiger partial charge in [0.2, 0.25) is 0 Å². The maximum absolute atomic E-state index is 3.49. The summed E-state index contributed by atoms with van der Waals surface area (Å²) in [7, 11) is 2.21. The number of nitrogens with zero attached hydrogens (tertiary/aromatic N) is 1. The van der Waals surface area contributed by atoms with E-state index in [9.17, 15) is 0 Å². The predicted octanol–water partition coefficient (Wildman–Crippen LogP) is 2.36. The highest BCUT2D eigenvalue weighted by Crippen LogP contribution is 2.29. The van der Waals surface area contributed by atoms with E-state index in [4.69, 9.17) is 0 Å². The molecule has 0 atom stereocenters. The highest BCUT2D eigenvalue weighted by Gasteiger charge is 2.27. The number of nitrogens with one attached hydrogen (secondary N) is 1. The van der Waals surface area contributed by atoms with Crippen LogP contribution in [-0.4, -0.2) is 38.1 Å². The molecule has 1 N–H and O–H groups in total. The molecule has 0 aromatic carbocycles. The largest absolute Gasteiger partial charge is 0.306 e. The van der Waals surface area contributed by atoms with E-state index in [1.165, 1.54) is 25.9 Å². The fraction of sp³-hybridized carbons (Fsp3) is 0.867. The zero-order valence-electron chi connectivity index (χ0n) is 12.2. The molecule has 0 spiro atoms. The van der Waals surface area contributed by atoms with Crippen molar-refractivity contribution in [1.29, 1.82) is 0 Å². The van der Waals surface area contributed by atoms with Gasteiger partial charge >= 0.3 is 0 Å². The molecule has 17 heavy (non-hydrogen) atoms. The van der Waals surface area contributed by atoms with Gasteiger partial charge in [-0.05, 0) is 59.2 Å². The fourth-order valence-electron chi connectivity index (χ4n) is 2.07. The summed E-state index contributed by atoms with van der Waals surface area (Å²) >= 11 is 0. The molecule has 2 heteroatoms. The maximum atomic E-state index is 3.49. The van der Waals surface area contributed by atoms with Crippen LogP contribution in [0.5, 0.6) is 0 Å². The minimum Gasteiger partial charge on any atom is -0.306 e. The van der Waals surface area contributed by atoms with Crippen LogP contribution in [0.1, 0.15) is 40.5 Å². The molecular weight excluding hydrogens is 208 g/mol.